The van der Waals surface area contributed by atoms with Crippen molar-refractivity contribution < 1.29 is 49.5 Å². The monoisotopic (exact) mass is 1220 g/mol. The van der Waals surface area contributed by atoms with Gasteiger partial charge in [0, 0.05) is 146 Å². The third-order valence-corrected chi connectivity index (χ3v) is 19.8. The van der Waals surface area contributed by atoms with Crippen molar-refractivity contribution in [2.24, 2.45) is 10.8 Å². The molecule has 2 saturated carbocycles. The van der Waals surface area contributed by atoms with Crippen LogP contribution < -0.4 is 15.1 Å². The minimum Gasteiger partial charge on any atom is -0.475 e. The van der Waals surface area contributed by atoms with Crippen molar-refractivity contribution in [2.75, 3.05) is 117 Å². The quantitative estimate of drug-likeness (QED) is 0.153. The standard InChI is InChI=1S/C25H30Cl2N4O3S.C19H27ClN4O.C6H4Cl2O2S.C2HF3O2/c1-28(2)24(32)20-8-7-18(13-22(20)27)29-9-11-30(12-10-29)19-14-25(15-19)16-31(17-25)35(33,34)23-6-4-3-5-21(23)26;1-22(2)18(25)16-4-3-14(9-17(16)20)23-5-7-24(8-6-23)15-10-19(11-15)12-21-13-19;7-5-3-1-2-4-6(5)11(8,9)10;3-2(4,5)1(6)7/h3-8,13,19H,9-12,14-17H2,1-2H3;3-4,9,15,21H,5-8,10-13H2,1-2H3;1-4H;(H,6,7). The van der Waals surface area contributed by atoms with E-state index in [-0.39, 0.29) is 37.1 Å². The number of rotatable bonds is 9. The number of sulfonamides is 1. The Morgan fingerprint density at radius 3 is 1.27 bits per heavy atom. The molecular formula is C52H62Cl5F3N8O8S2. The molecule has 6 fully saturated rings. The fraction of sp³-hybridized carbons (Fsp3) is 0.481. The second-order valence-electron chi connectivity index (χ2n) is 20.9. The fourth-order valence-electron chi connectivity index (χ4n) is 10.6. The lowest BCUT2D eigenvalue weighted by molar-refractivity contribution is -0.192. The van der Waals surface area contributed by atoms with E-state index in [0.29, 0.717) is 45.7 Å². The molecule has 10 rings (SSSR count). The van der Waals surface area contributed by atoms with E-state index < -0.39 is 31.2 Å². The van der Waals surface area contributed by atoms with E-state index >= 15 is 0 Å². The molecule has 4 saturated heterocycles. The summed E-state index contributed by atoms with van der Waals surface area (Å²) in [7, 11) is 4.75. The minimum atomic E-state index is -5.08. The van der Waals surface area contributed by atoms with E-state index in [2.05, 4.69) is 24.9 Å². The Labute approximate surface area is 478 Å². The molecular weight excluding hydrogens is 1160 g/mol. The zero-order valence-corrected chi connectivity index (χ0v) is 48.7. The van der Waals surface area contributed by atoms with Gasteiger partial charge in [0.1, 0.15) is 9.79 Å². The number of nitrogens with zero attached hydrogens (tertiary/aromatic N) is 7. The molecule has 4 heterocycles. The molecule has 426 valence electrons. The molecule has 6 aliphatic rings. The summed E-state index contributed by atoms with van der Waals surface area (Å²) in [5.41, 5.74) is 4.00. The van der Waals surface area contributed by atoms with E-state index in [0.717, 1.165) is 82.6 Å². The number of nitrogens with one attached hydrogen (secondary N) is 1. The number of hydrogen-bond acceptors (Lipinski definition) is 12. The Hall–Kier alpha value is -4.13. The van der Waals surface area contributed by atoms with Crippen molar-refractivity contribution in [2.45, 2.75) is 53.7 Å². The van der Waals surface area contributed by atoms with Gasteiger partial charge < -0.3 is 30.0 Å². The van der Waals surface area contributed by atoms with Crippen LogP contribution in [0.25, 0.3) is 0 Å². The maximum Gasteiger partial charge on any atom is 0.490 e. The predicted molar refractivity (Wildman–Crippen MR) is 299 cm³/mol. The molecule has 4 aliphatic heterocycles. The summed E-state index contributed by atoms with van der Waals surface area (Å²) >= 11 is 24.4. The number of halogens is 8. The number of anilines is 2. The molecule has 0 unspecified atom stereocenters. The van der Waals surface area contributed by atoms with E-state index in [1.807, 2.05) is 30.3 Å². The van der Waals surface area contributed by atoms with Crippen LogP contribution in [0.4, 0.5) is 24.5 Å². The number of carbonyl (C=O) groups is 3. The lowest BCUT2D eigenvalue weighted by atomic mass is 9.61. The van der Waals surface area contributed by atoms with Gasteiger partial charge in [0.15, 0.2) is 0 Å². The highest BCUT2D eigenvalue weighted by Crippen LogP contribution is 2.52. The van der Waals surface area contributed by atoms with Gasteiger partial charge in [0.05, 0.1) is 31.2 Å². The van der Waals surface area contributed by atoms with Gasteiger partial charge in [0.2, 0.25) is 10.0 Å². The number of piperazine rings is 2. The number of amides is 2. The Morgan fingerprint density at radius 1 is 0.590 bits per heavy atom. The minimum absolute atomic E-state index is 0.0502. The first kappa shape index (κ1) is 61.5. The number of hydrogen-bond donors (Lipinski definition) is 2. The van der Waals surface area contributed by atoms with E-state index in [9.17, 15) is 39.6 Å². The van der Waals surface area contributed by atoms with Gasteiger partial charge in [-0.1, -0.05) is 70.7 Å². The molecule has 16 nitrogen and oxygen atoms in total. The SMILES string of the molecule is CN(C)C(=O)c1ccc(N2CCN(C3CC4(C3)CN(S(=O)(=O)c3ccccc3Cl)C4)CC2)cc1Cl.CN(C)C(=O)c1ccc(N2CCN(C3CC4(CNC4)C3)CC2)cc1Cl.O=C(O)C(F)(F)F.O=S(=O)(Cl)c1ccccc1Cl. The molecule has 0 radical (unpaired) electrons. The molecule has 2 spiro atoms. The van der Waals surface area contributed by atoms with Crippen LogP contribution in [-0.2, 0) is 23.9 Å². The highest BCUT2D eigenvalue weighted by Gasteiger charge is 2.57. The van der Waals surface area contributed by atoms with Gasteiger partial charge in [0.25, 0.3) is 20.9 Å². The van der Waals surface area contributed by atoms with Gasteiger partial charge in [-0.15, -0.1) is 0 Å². The maximum absolute atomic E-state index is 12.9. The predicted octanol–water partition coefficient (Wildman–Crippen LogP) is 8.49. The van der Waals surface area contributed by atoms with Crippen LogP contribution in [0.2, 0.25) is 20.1 Å². The third-order valence-electron chi connectivity index (χ3n) is 15.1. The summed E-state index contributed by atoms with van der Waals surface area (Å²) < 4.78 is 80.6. The highest BCUT2D eigenvalue weighted by molar-refractivity contribution is 8.13. The second-order valence-corrected chi connectivity index (χ2v) is 26.9. The van der Waals surface area contributed by atoms with Crippen molar-refractivity contribution in [3.8, 4) is 0 Å². The molecule has 2 N–H and O–H groups in total. The summed E-state index contributed by atoms with van der Waals surface area (Å²) in [6.07, 6.45) is -0.274. The summed E-state index contributed by atoms with van der Waals surface area (Å²) in [5.74, 6) is -2.90. The Bertz CT molecular complexity index is 3050. The van der Waals surface area contributed by atoms with Crippen LogP contribution in [0.5, 0.6) is 0 Å². The van der Waals surface area contributed by atoms with Crippen LogP contribution in [0.1, 0.15) is 46.4 Å². The van der Waals surface area contributed by atoms with Crippen LogP contribution in [-0.4, -0.2) is 189 Å². The molecule has 0 atom stereocenters. The normalized spacial score (nSPS) is 20.2. The number of alkyl halides is 3. The number of carboxylic acid groups (broad SMARTS) is 1. The van der Waals surface area contributed by atoms with Crippen LogP contribution in [0, 0.1) is 10.8 Å². The summed E-state index contributed by atoms with van der Waals surface area (Å²) in [4.78, 5) is 46.3. The zero-order chi connectivity index (χ0) is 57.1. The number of carboxylic acids is 1. The van der Waals surface area contributed by atoms with Crippen LogP contribution in [0.3, 0.4) is 0 Å². The average Bonchev–Trinajstić information content (AvgIpc) is 3.54. The Kier molecular flexibility index (Phi) is 19.7. The largest absolute Gasteiger partial charge is 0.490 e. The number of benzene rings is 4. The summed E-state index contributed by atoms with van der Waals surface area (Å²) in [5, 5.41) is 12.0. The number of carbonyl (C=O) groups excluding carboxylic acids is 2. The van der Waals surface area contributed by atoms with Gasteiger partial charge in [-0.25, -0.2) is 21.6 Å². The second kappa shape index (κ2) is 24.9. The van der Waals surface area contributed by atoms with Crippen molar-refractivity contribution in [1.82, 2.24) is 29.2 Å². The molecule has 0 aromatic heterocycles. The van der Waals surface area contributed by atoms with Gasteiger partial charge in [-0.05, 0) is 91.8 Å². The molecule has 2 amide bonds. The lowest BCUT2D eigenvalue weighted by Crippen LogP contribution is -2.68. The first-order valence-corrected chi connectivity index (χ1v) is 30.2. The topological polar surface area (TPSA) is 174 Å². The molecule has 4 aromatic carbocycles. The van der Waals surface area contributed by atoms with Gasteiger partial charge >= 0.3 is 12.1 Å². The molecule has 0 bridgehead atoms. The summed E-state index contributed by atoms with van der Waals surface area (Å²) in [6, 6.07) is 25.4. The van der Waals surface area contributed by atoms with Gasteiger partial charge in [-0.3, -0.25) is 19.4 Å². The van der Waals surface area contributed by atoms with Crippen molar-refractivity contribution in [3.63, 3.8) is 0 Å². The average molecular weight is 1230 g/mol. The van der Waals surface area contributed by atoms with E-state index in [1.54, 1.807) is 79.9 Å². The summed E-state index contributed by atoms with van der Waals surface area (Å²) in [6.45, 7) is 11.6. The smallest absolute Gasteiger partial charge is 0.475 e. The fourth-order valence-corrected chi connectivity index (χ4v) is 14.8. The number of aliphatic carboxylic acids is 1. The molecule has 4 aromatic rings. The first-order chi connectivity index (χ1) is 36.5. The van der Waals surface area contributed by atoms with E-state index in [1.165, 1.54) is 43.0 Å². The highest BCUT2D eigenvalue weighted by atomic mass is 35.7. The molecule has 78 heavy (non-hydrogen) atoms. The Morgan fingerprint density at radius 2 is 0.962 bits per heavy atom. The zero-order valence-electron chi connectivity index (χ0n) is 43.3. The van der Waals surface area contributed by atoms with Gasteiger partial charge in [-0.2, -0.15) is 17.5 Å². The van der Waals surface area contributed by atoms with Crippen molar-refractivity contribution in [1.29, 1.82) is 0 Å². The van der Waals surface area contributed by atoms with Crippen LogP contribution >= 0.6 is 57.1 Å². The van der Waals surface area contributed by atoms with E-state index in [4.69, 9.17) is 67.0 Å². The van der Waals surface area contributed by atoms with Crippen LogP contribution in [0.15, 0.2) is 94.7 Å². The first-order valence-electron chi connectivity index (χ1n) is 25.0. The van der Waals surface area contributed by atoms with Crippen molar-refractivity contribution >= 4 is 105 Å². The van der Waals surface area contributed by atoms with Crippen molar-refractivity contribution in [3.05, 3.63) is 116 Å². The molecule has 26 heteroatoms. The third kappa shape index (κ3) is 14.5. The molecule has 2 aliphatic carbocycles. The maximum atomic E-state index is 12.9. The lowest BCUT2D eigenvalue weighted by Gasteiger charge is -2.61. The Balaban J connectivity index is 0.000000177.